The summed E-state index contributed by atoms with van der Waals surface area (Å²) in [6, 6.07) is 16.2. The first-order valence-corrected chi connectivity index (χ1v) is 9.23. The lowest BCUT2D eigenvalue weighted by atomic mass is 10.1. The van der Waals surface area contributed by atoms with Crippen LogP contribution in [-0.4, -0.2) is 16.6 Å². The second-order valence-electron chi connectivity index (χ2n) is 5.39. The largest absolute Gasteiger partial charge is 0.323 e. The van der Waals surface area contributed by atoms with Crippen LogP contribution in [0.25, 0.3) is 10.8 Å². The number of carbonyl (C=O) groups is 1. The molecule has 0 aliphatic rings. The molecule has 0 heterocycles. The highest BCUT2D eigenvalue weighted by molar-refractivity contribution is 8.00. The summed E-state index contributed by atoms with van der Waals surface area (Å²) in [4.78, 5) is 23.3. The van der Waals surface area contributed by atoms with E-state index in [0.29, 0.717) is 0 Å². The van der Waals surface area contributed by atoms with E-state index in [1.807, 2.05) is 42.5 Å². The highest BCUT2D eigenvalue weighted by Gasteiger charge is 2.16. The van der Waals surface area contributed by atoms with Crippen molar-refractivity contribution in [3.63, 3.8) is 0 Å². The molecule has 3 aromatic carbocycles. The first kappa shape index (κ1) is 18.5. The maximum Gasteiger partial charge on any atom is 0.272 e. The maximum absolute atomic E-state index is 12.2. The zero-order valence-electron chi connectivity index (χ0n) is 13.2. The van der Waals surface area contributed by atoms with Gasteiger partial charge < -0.3 is 5.32 Å². The quantitative estimate of drug-likeness (QED) is 0.330. The van der Waals surface area contributed by atoms with Gasteiger partial charge >= 0.3 is 0 Å². The fraction of sp³-hybridized carbons (Fsp3) is 0.0556. The summed E-state index contributed by atoms with van der Waals surface area (Å²) in [6.07, 6.45) is 0. The van der Waals surface area contributed by atoms with Crippen LogP contribution in [-0.2, 0) is 4.79 Å². The van der Waals surface area contributed by atoms with Crippen molar-refractivity contribution in [2.45, 2.75) is 4.90 Å². The number of non-ortho nitro benzene ring substituents is 1. The molecule has 1 N–H and O–H groups in total. The van der Waals surface area contributed by atoms with Gasteiger partial charge in [0.2, 0.25) is 5.91 Å². The van der Waals surface area contributed by atoms with Crippen LogP contribution in [0.5, 0.6) is 0 Å². The van der Waals surface area contributed by atoms with Crippen molar-refractivity contribution in [3.8, 4) is 0 Å². The third-order valence-electron chi connectivity index (χ3n) is 3.59. The molecule has 0 bridgehead atoms. The van der Waals surface area contributed by atoms with Gasteiger partial charge in [-0.2, -0.15) is 0 Å². The minimum atomic E-state index is -0.598. The lowest BCUT2D eigenvalue weighted by molar-refractivity contribution is -0.384. The number of carbonyl (C=O) groups excluding carboxylic acids is 1. The summed E-state index contributed by atoms with van der Waals surface area (Å²) in [5.74, 6) is -0.150. The Hall–Kier alpha value is -2.28. The van der Waals surface area contributed by atoms with E-state index in [4.69, 9.17) is 23.2 Å². The normalized spacial score (nSPS) is 10.7. The molecule has 0 unspecified atom stereocenters. The average Bonchev–Trinajstić information content (AvgIpc) is 2.62. The SMILES string of the molecule is O=C(CSc1ccc2ccccc2c1)Nc1c(Cl)cc([N+](=O)[O-])cc1Cl. The molecule has 0 fully saturated rings. The molecule has 0 saturated heterocycles. The van der Waals surface area contributed by atoms with Crippen LogP contribution in [0.2, 0.25) is 10.0 Å². The second kappa shape index (κ2) is 7.95. The molecule has 1 amide bonds. The van der Waals surface area contributed by atoms with E-state index in [1.54, 1.807) is 0 Å². The van der Waals surface area contributed by atoms with Gasteiger partial charge in [0, 0.05) is 17.0 Å². The van der Waals surface area contributed by atoms with Gasteiger partial charge in [-0.15, -0.1) is 11.8 Å². The summed E-state index contributed by atoms with van der Waals surface area (Å²) >= 11 is 13.4. The van der Waals surface area contributed by atoms with Gasteiger partial charge in [0.1, 0.15) is 0 Å². The molecule has 26 heavy (non-hydrogen) atoms. The van der Waals surface area contributed by atoms with Crippen LogP contribution in [0.4, 0.5) is 11.4 Å². The molecule has 0 spiro atoms. The first-order valence-electron chi connectivity index (χ1n) is 7.49. The fourth-order valence-corrected chi connectivity index (χ4v) is 3.68. The zero-order chi connectivity index (χ0) is 18.7. The maximum atomic E-state index is 12.2. The van der Waals surface area contributed by atoms with E-state index in [0.717, 1.165) is 27.8 Å². The highest BCUT2D eigenvalue weighted by Crippen LogP contribution is 2.35. The van der Waals surface area contributed by atoms with Crippen LogP contribution in [0.1, 0.15) is 0 Å². The first-order chi connectivity index (χ1) is 12.4. The van der Waals surface area contributed by atoms with Gasteiger partial charge in [-0.25, -0.2) is 0 Å². The monoisotopic (exact) mass is 406 g/mol. The zero-order valence-corrected chi connectivity index (χ0v) is 15.6. The van der Waals surface area contributed by atoms with Crippen molar-refractivity contribution in [1.82, 2.24) is 0 Å². The molecule has 3 aromatic rings. The number of nitrogens with zero attached hydrogens (tertiary/aromatic N) is 1. The number of hydrogen-bond donors (Lipinski definition) is 1. The average molecular weight is 407 g/mol. The van der Waals surface area contributed by atoms with Crippen LogP contribution in [0.3, 0.4) is 0 Å². The molecule has 0 aromatic heterocycles. The molecule has 132 valence electrons. The molecule has 0 aliphatic heterocycles. The minimum Gasteiger partial charge on any atom is -0.323 e. The Morgan fingerprint density at radius 1 is 1.04 bits per heavy atom. The van der Waals surface area contributed by atoms with Crippen LogP contribution in [0.15, 0.2) is 59.5 Å². The summed E-state index contributed by atoms with van der Waals surface area (Å²) in [5, 5.41) is 15.7. The van der Waals surface area contributed by atoms with Gasteiger partial charge in [0.05, 0.1) is 26.4 Å². The Balaban J connectivity index is 1.68. The lowest BCUT2D eigenvalue weighted by Gasteiger charge is -2.09. The van der Waals surface area contributed by atoms with E-state index >= 15 is 0 Å². The van der Waals surface area contributed by atoms with E-state index in [1.165, 1.54) is 11.8 Å². The van der Waals surface area contributed by atoms with Crippen LogP contribution >= 0.6 is 35.0 Å². The molecular weight excluding hydrogens is 395 g/mol. The number of nitro benzene ring substituents is 1. The van der Waals surface area contributed by atoms with Gasteiger partial charge in [0.15, 0.2) is 0 Å². The van der Waals surface area contributed by atoms with Crippen molar-refractivity contribution < 1.29 is 9.72 Å². The molecule has 3 rings (SSSR count). The Kier molecular flexibility index (Phi) is 5.66. The van der Waals surface area contributed by atoms with Crippen LogP contribution in [0, 0.1) is 10.1 Å². The molecule has 5 nitrogen and oxygen atoms in total. The highest BCUT2D eigenvalue weighted by atomic mass is 35.5. The number of anilines is 1. The van der Waals surface area contributed by atoms with Crippen molar-refractivity contribution >= 4 is 63.0 Å². The van der Waals surface area contributed by atoms with Gasteiger partial charge in [-0.1, -0.05) is 53.5 Å². The van der Waals surface area contributed by atoms with Gasteiger partial charge in [-0.3, -0.25) is 14.9 Å². The Morgan fingerprint density at radius 2 is 1.69 bits per heavy atom. The fourth-order valence-electron chi connectivity index (χ4n) is 2.37. The number of rotatable bonds is 5. The van der Waals surface area contributed by atoms with Crippen molar-refractivity contribution in [1.29, 1.82) is 0 Å². The number of nitrogens with one attached hydrogen (secondary N) is 1. The lowest BCUT2D eigenvalue weighted by Crippen LogP contribution is -2.14. The molecule has 0 atom stereocenters. The number of hydrogen-bond acceptors (Lipinski definition) is 4. The van der Waals surface area contributed by atoms with E-state index < -0.39 is 4.92 Å². The Labute approximate surface area is 163 Å². The standard InChI is InChI=1S/C18H12Cl2N2O3S/c19-15-8-13(22(24)25)9-16(20)18(15)21-17(23)10-26-14-6-5-11-3-1-2-4-12(11)7-14/h1-9H,10H2,(H,21,23). The van der Waals surface area contributed by atoms with E-state index in [9.17, 15) is 14.9 Å². The summed E-state index contributed by atoms with van der Waals surface area (Å²) in [7, 11) is 0. The number of nitro groups is 1. The summed E-state index contributed by atoms with van der Waals surface area (Å²) < 4.78 is 0. The van der Waals surface area contributed by atoms with Crippen molar-refractivity contribution in [3.05, 3.63) is 74.8 Å². The predicted octanol–water partition coefficient (Wildman–Crippen LogP) is 5.79. The van der Waals surface area contributed by atoms with Crippen LogP contribution < -0.4 is 5.32 Å². The number of amides is 1. The van der Waals surface area contributed by atoms with E-state index in [2.05, 4.69) is 5.32 Å². The van der Waals surface area contributed by atoms with Gasteiger partial charge in [0.25, 0.3) is 5.69 Å². The van der Waals surface area contributed by atoms with E-state index in [-0.39, 0.29) is 33.1 Å². The molecule has 0 radical (unpaired) electrons. The smallest absolute Gasteiger partial charge is 0.272 e. The Morgan fingerprint density at radius 3 is 2.35 bits per heavy atom. The van der Waals surface area contributed by atoms with Crippen molar-refractivity contribution in [2.24, 2.45) is 0 Å². The summed E-state index contributed by atoms with van der Waals surface area (Å²) in [5.41, 5.74) is -0.0633. The second-order valence-corrected chi connectivity index (χ2v) is 7.25. The number of thioether (sulfide) groups is 1. The number of halogens is 2. The predicted molar refractivity (Wildman–Crippen MR) is 106 cm³/mol. The molecule has 0 aliphatic carbocycles. The van der Waals surface area contributed by atoms with Gasteiger partial charge in [-0.05, 0) is 22.9 Å². The number of benzene rings is 3. The summed E-state index contributed by atoms with van der Waals surface area (Å²) in [6.45, 7) is 0. The number of fused-ring (bicyclic) bond motifs is 1. The van der Waals surface area contributed by atoms with Crippen molar-refractivity contribution in [2.75, 3.05) is 11.1 Å². The third-order valence-corrected chi connectivity index (χ3v) is 5.18. The molecular formula is C18H12Cl2N2O3S. The molecule has 0 saturated carbocycles. The molecule has 8 heteroatoms. The third kappa shape index (κ3) is 4.27. The Bertz CT molecular complexity index is 988. The topological polar surface area (TPSA) is 72.2 Å². The minimum absolute atomic E-state index is 0.0215.